The zero-order valence-electron chi connectivity index (χ0n) is 15.6. The van der Waals surface area contributed by atoms with Gasteiger partial charge < -0.3 is 5.32 Å². The summed E-state index contributed by atoms with van der Waals surface area (Å²) < 4.78 is 14.7. The lowest BCUT2D eigenvalue weighted by atomic mass is 9.89. The quantitative estimate of drug-likeness (QED) is 0.423. The van der Waals surface area contributed by atoms with Gasteiger partial charge in [-0.1, -0.05) is 53.8 Å². The molecule has 0 atom stereocenters. The van der Waals surface area contributed by atoms with E-state index in [1.165, 1.54) is 16.9 Å². The van der Waals surface area contributed by atoms with Gasteiger partial charge in [0.1, 0.15) is 21.2 Å². The van der Waals surface area contributed by atoms with Crippen LogP contribution in [0.25, 0.3) is 20.9 Å². The SMILES string of the molecule is Fc1cc(NC2CC2)ccc1-c1nc2ccc(C3(c4ccccc4)C=C3)nc2s1. The third-order valence-corrected chi connectivity index (χ3v) is 6.58. The molecule has 5 heteroatoms. The second-order valence-electron chi connectivity index (χ2n) is 7.72. The van der Waals surface area contributed by atoms with Crippen molar-refractivity contribution in [1.29, 1.82) is 0 Å². The number of rotatable bonds is 5. The van der Waals surface area contributed by atoms with E-state index < -0.39 is 0 Å². The zero-order chi connectivity index (χ0) is 19.4. The highest BCUT2D eigenvalue weighted by Gasteiger charge is 2.39. The van der Waals surface area contributed by atoms with Gasteiger partial charge in [0, 0.05) is 17.3 Å². The predicted octanol–water partition coefficient (Wildman–Crippen LogP) is 5.93. The van der Waals surface area contributed by atoms with Gasteiger partial charge in [-0.25, -0.2) is 14.4 Å². The molecule has 0 aliphatic heterocycles. The van der Waals surface area contributed by atoms with E-state index >= 15 is 0 Å². The normalized spacial score (nSPS) is 16.9. The molecule has 2 heterocycles. The molecule has 2 aromatic carbocycles. The summed E-state index contributed by atoms with van der Waals surface area (Å²) in [5.74, 6) is -0.250. The fraction of sp³-hybridized carbons (Fsp3) is 0.167. The minimum absolute atomic E-state index is 0.221. The Morgan fingerprint density at radius 3 is 2.52 bits per heavy atom. The van der Waals surface area contributed by atoms with Crippen molar-refractivity contribution in [2.24, 2.45) is 0 Å². The molecule has 6 rings (SSSR count). The maximum absolute atomic E-state index is 14.7. The number of hydrogen-bond donors (Lipinski definition) is 1. The summed E-state index contributed by atoms with van der Waals surface area (Å²) in [5, 5.41) is 4.00. The molecule has 142 valence electrons. The smallest absolute Gasteiger partial charge is 0.144 e. The standard InChI is InChI=1S/C24H18FN3S/c25-19-14-17(26-16-6-7-16)8-9-18(19)22-27-20-10-11-21(28-23(20)29-22)24(12-13-24)15-4-2-1-3-5-15/h1-5,8-14,16,26H,6-7H2. The van der Waals surface area contributed by atoms with Gasteiger partial charge in [-0.05, 0) is 48.7 Å². The Balaban J connectivity index is 1.36. The number of hydrogen-bond acceptors (Lipinski definition) is 4. The first-order chi connectivity index (χ1) is 14.2. The summed E-state index contributed by atoms with van der Waals surface area (Å²) >= 11 is 1.44. The number of allylic oxidation sites excluding steroid dienone is 2. The minimum atomic E-state index is -0.250. The van der Waals surface area contributed by atoms with Crippen molar-refractivity contribution in [3.8, 4) is 10.6 Å². The van der Waals surface area contributed by atoms with E-state index in [-0.39, 0.29) is 11.2 Å². The van der Waals surface area contributed by atoms with Crippen LogP contribution >= 0.6 is 11.3 Å². The van der Waals surface area contributed by atoms with E-state index in [9.17, 15) is 4.39 Å². The van der Waals surface area contributed by atoms with Crippen molar-refractivity contribution in [3.05, 3.63) is 89.9 Å². The third-order valence-electron chi connectivity index (χ3n) is 5.58. The zero-order valence-corrected chi connectivity index (χ0v) is 16.4. The van der Waals surface area contributed by atoms with Crippen molar-refractivity contribution >= 4 is 27.4 Å². The minimum Gasteiger partial charge on any atom is -0.382 e. The van der Waals surface area contributed by atoms with Gasteiger partial charge in [0.2, 0.25) is 0 Å². The summed E-state index contributed by atoms with van der Waals surface area (Å²) in [6, 6.07) is 20.2. The molecular formula is C24H18FN3S. The van der Waals surface area contributed by atoms with Crippen molar-refractivity contribution < 1.29 is 4.39 Å². The largest absolute Gasteiger partial charge is 0.382 e. The predicted molar refractivity (Wildman–Crippen MR) is 116 cm³/mol. The molecule has 3 nitrogen and oxygen atoms in total. The summed E-state index contributed by atoms with van der Waals surface area (Å²) in [4.78, 5) is 10.4. The van der Waals surface area contributed by atoms with Gasteiger partial charge in [-0.3, -0.25) is 0 Å². The lowest BCUT2D eigenvalue weighted by Crippen LogP contribution is -2.12. The van der Waals surface area contributed by atoms with Crippen LogP contribution in [0.15, 0.2) is 72.8 Å². The number of pyridine rings is 1. The molecular weight excluding hydrogens is 381 g/mol. The van der Waals surface area contributed by atoms with Crippen molar-refractivity contribution in [2.45, 2.75) is 24.3 Å². The molecule has 1 fully saturated rings. The van der Waals surface area contributed by atoms with Crippen molar-refractivity contribution in [3.63, 3.8) is 0 Å². The fourth-order valence-electron chi connectivity index (χ4n) is 3.71. The van der Waals surface area contributed by atoms with E-state index in [2.05, 4.69) is 34.6 Å². The number of thiazole rings is 1. The highest BCUT2D eigenvalue weighted by Crippen LogP contribution is 2.45. The Labute approximate surface area is 172 Å². The molecule has 2 aliphatic rings. The van der Waals surface area contributed by atoms with Gasteiger partial charge in [-0.2, -0.15) is 0 Å². The molecule has 2 aliphatic carbocycles. The Morgan fingerprint density at radius 2 is 1.79 bits per heavy atom. The van der Waals surface area contributed by atoms with Crippen LogP contribution in [0, 0.1) is 5.82 Å². The molecule has 0 radical (unpaired) electrons. The average Bonchev–Trinajstić information content (AvgIpc) is 3.67. The van der Waals surface area contributed by atoms with E-state index in [4.69, 9.17) is 4.98 Å². The van der Waals surface area contributed by atoms with E-state index in [1.807, 2.05) is 42.5 Å². The van der Waals surface area contributed by atoms with Gasteiger partial charge >= 0.3 is 0 Å². The van der Waals surface area contributed by atoms with Crippen molar-refractivity contribution in [1.82, 2.24) is 9.97 Å². The summed E-state index contributed by atoms with van der Waals surface area (Å²) in [5.41, 5.74) is 4.13. The molecule has 1 N–H and O–H groups in total. The second kappa shape index (κ2) is 6.22. The topological polar surface area (TPSA) is 37.8 Å². The maximum atomic E-state index is 14.7. The first kappa shape index (κ1) is 16.9. The first-order valence-electron chi connectivity index (χ1n) is 9.82. The molecule has 0 saturated heterocycles. The van der Waals surface area contributed by atoms with Crippen LogP contribution in [0.5, 0.6) is 0 Å². The Kier molecular flexibility index (Phi) is 3.62. The number of nitrogens with zero attached hydrogens (tertiary/aromatic N) is 2. The lowest BCUT2D eigenvalue weighted by Gasteiger charge is -2.15. The van der Waals surface area contributed by atoms with Crippen LogP contribution in [-0.2, 0) is 5.41 Å². The molecule has 29 heavy (non-hydrogen) atoms. The van der Waals surface area contributed by atoms with Crippen molar-refractivity contribution in [2.75, 3.05) is 5.32 Å². The Hall–Kier alpha value is -3.05. The molecule has 2 aromatic heterocycles. The average molecular weight is 399 g/mol. The highest BCUT2D eigenvalue weighted by atomic mass is 32.1. The third kappa shape index (κ3) is 2.93. The van der Waals surface area contributed by atoms with Crippen LogP contribution in [0.3, 0.4) is 0 Å². The van der Waals surface area contributed by atoms with Crippen LogP contribution in [-0.4, -0.2) is 16.0 Å². The van der Waals surface area contributed by atoms with Crippen LogP contribution in [0.4, 0.5) is 10.1 Å². The number of anilines is 1. The molecule has 0 amide bonds. The van der Waals surface area contributed by atoms with Gasteiger partial charge in [0.15, 0.2) is 0 Å². The molecule has 1 saturated carbocycles. The van der Waals surface area contributed by atoms with Crippen LogP contribution in [0.1, 0.15) is 24.1 Å². The second-order valence-corrected chi connectivity index (χ2v) is 8.70. The fourth-order valence-corrected chi connectivity index (χ4v) is 4.68. The molecule has 0 unspecified atom stereocenters. The van der Waals surface area contributed by atoms with Gasteiger partial charge in [0.25, 0.3) is 0 Å². The van der Waals surface area contributed by atoms with E-state index in [0.29, 0.717) is 16.6 Å². The summed E-state index contributed by atoms with van der Waals surface area (Å²) in [7, 11) is 0. The molecule has 0 spiro atoms. The molecule has 0 bridgehead atoms. The van der Waals surface area contributed by atoms with E-state index in [0.717, 1.165) is 34.6 Å². The Bertz CT molecular complexity index is 1250. The Morgan fingerprint density at radius 1 is 0.966 bits per heavy atom. The number of aromatic nitrogens is 2. The first-order valence-corrected chi connectivity index (χ1v) is 10.6. The number of nitrogens with one attached hydrogen (secondary N) is 1. The van der Waals surface area contributed by atoms with Crippen LogP contribution < -0.4 is 5.32 Å². The van der Waals surface area contributed by atoms with Crippen LogP contribution in [0.2, 0.25) is 0 Å². The number of fused-ring (bicyclic) bond motifs is 1. The summed E-state index contributed by atoms with van der Waals surface area (Å²) in [6.45, 7) is 0. The lowest BCUT2D eigenvalue weighted by molar-refractivity contribution is 0.631. The van der Waals surface area contributed by atoms with Gasteiger partial charge in [-0.15, -0.1) is 0 Å². The van der Waals surface area contributed by atoms with E-state index in [1.54, 1.807) is 6.07 Å². The maximum Gasteiger partial charge on any atom is 0.144 e. The number of halogens is 1. The monoisotopic (exact) mass is 399 g/mol. The highest BCUT2D eigenvalue weighted by molar-refractivity contribution is 7.21. The summed E-state index contributed by atoms with van der Waals surface area (Å²) in [6.07, 6.45) is 6.66. The number of benzene rings is 2. The van der Waals surface area contributed by atoms with Gasteiger partial charge in [0.05, 0.1) is 11.1 Å². The molecule has 4 aromatic rings.